The molecule has 5 heteroatoms. The van der Waals surface area contributed by atoms with Crippen molar-refractivity contribution >= 4 is 0 Å². The first-order valence-corrected chi connectivity index (χ1v) is 7.22. The van der Waals surface area contributed by atoms with Crippen molar-refractivity contribution in [3.05, 3.63) is 23.8 Å². The molecule has 0 aromatic heterocycles. The van der Waals surface area contributed by atoms with E-state index in [1.807, 2.05) is 13.0 Å². The van der Waals surface area contributed by atoms with Crippen LogP contribution in [-0.4, -0.2) is 39.0 Å². The Morgan fingerprint density at radius 3 is 2.70 bits per heavy atom. The molecular weight excluding hydrogens is 254 g/mol. The van der Waals surface area contributed by atoms with Gasteiger partial charge in [-0.2, -0.15) is 5.26 Å². The van der Waals surface area contributed by atoms with Crippen molar-refractivity contribution in [1.29, 1.82) is 5.26 Å². The second-order valence-electron chi connectivity index (χ2n) is 5.62. The van der Waals surface area contributed by atoms with Crippen molar-refractivity contribution in [3.8, 4) is 17.6 Å². The molecule has 106 valence electrons. The summed E-state index contributed by atoms with van der Waals surface area (Å²) in [5.74, 6) is 1.71. The second kappa shape index (κ2) is 5.70. The molecule has 0 saturated carbocycles. The van der Waals surface area contributed by atoms with Crippen molar-refractivity contribution in [2.75, 3.05) is 33.0 Å². The number of quaternary nitrogens is 2. The monoisotopic (exact) mass is 275 g/mol. The van der Waals surface area contributed by atoms with Crippen LogP contribution in [-0.2, 0) is 6.54 Å². The van der Waals surface area contributed by atoms with Crippen LogP contribution in [0.5, 0.6) is 11.5 Å². The standard InChI is InChI=1S/C15H19N3O2/c1-12(9-16)18-6-4-17(5-7-18)10-13-2-3-14-15(8-13)20-11-19-14/h2-3,8,12H,4-7,10-11H2,1H3/p+2/t12-/m0/s1. The molecule has 3 rings (SSSR count). The van der Waals surface area contributed by atoms with E-state index in [0.717, 1.165) is 44.2 Å². The van der Waals surface area contributed by atoms with E-state index in [9.17, 15) is 0 Å². The van der Waals surface area contributed by atoms with Gasteiger partial charge in [0.25, 0.3) is 0 Å². The van der Waals surface area contributed by atoms with Crippen LogP contribution in [0.1, 0.15) is 12.5 Å². The predicted molar refractivity (Wildman–Crippen MR) is 72.7 cm³/mol. The van der Waals surface area contributed by atoms with Gasteiger partial charge < -0.3 is 19.3 Å². The minimum absolute atomic E-state index is 0.113. The molecule has 1 aromatic carbocycles. The van der Waals surface area contributed by atoms with E-state index in [4.69, 9.17) is 14.7 Å². The molecule has 0 unspecified atom stereocenters. The number of nitrogens with zero attached hydrogens (tertiary/aromatic N) is 1. The van der Waals surface area contributed by atoms with Crippen LogP contribution in [0.4, 0.5) is 0 Å². The smallest absolute Gasteiger partial charge is 0.231 e. The number of rotatable bonds is 3. The Labute approximate surface area is 119 Å². The minimum atomic E-state index is 0.113. The highest BCUT2D eigenvalue weighted by Gasteiger charge is 2.27. The normalized spacial score (nSPS) is 26.0. The summed E-state index contributed by atoms with van der Waals surface area (Å²) >= 11 is 0. The molecule has 2 heterocycles. The summed E-state index contributed by atoms with van der Waals surface area (Å²) in [6, 6.07) is 8.67. The number of hydrogen-bond acceptors (Lipinski definition) is 3. The molecule has 2 aliphatic rings. The molecule has 1 aromatic rings. The lowest BCUT2D eigenvalue weighted by Gasteiger charge is -2.30. The molecule has 2 aliphatic heterocycles. The van der Waals surface area contributed by atoms with Gasteiger partial charge >= 0.3 is 0 Å². The van der Waals surface area contributed by atoms with E-state index in [2.05, 4.69) is 18.2 Å². The van der Waals surface area contributed by atoms with Gasteiger partial charge in [0.1, 0.15) is 38.8 Å². The molecule has 0 radical (unpaired) electrons. The summed E-state index contributed by atoms with van der Waals surface area (Å²) in [6.07, 6.45) is 0. The average molecular weight is 275 g/mol. The highest BCUT2D eigenvalue weighted by atomic mass is 16.7. The van der Waals surface area contributed by atoms with Crippen LogP contribution >= 0.6 is 0 Å². The van der Waals surface area contributed by atoms with Crippen LogP contribution in [0.15, 0.2) is 18.2 Å². The number of benzene rings is 1. The Morgan fingerprint density at radius 2 is 1.95 bits per heavy atom. The largest absolute Gasteiger partial charge is 0.454 e. The Balaban J connectivity index is 1.56. The van der Waals surface area contributed by atoms with Crippen molar-refractivity contribution in [3.63, 3.8) is 0 Å². The number of piperazine rings is 1. The molecule has 20 heavy (non-hydrogen) atoms. The summed E-state index contributed by atoms with van der Waals surface area (Å²) in [4.78, 5) is 3.00. The summed E-state index contributed by atoms with van der Waals surface area (Å²) in [6.45, 7) is 7.76. The number of nitriles is 1. The average Bonchev–Trinajstić information content (AvgIpc) is 2.95. The molecular formula is C15H21N3O2+2. The summed E-state index contributed by atoms with van der Waals surface area (Å²) in [7, 11) is 0. The summed E-state index contributed by atoms with van der Waals surface area (Å²) in [5, 5.41) is 8.97. The SMILES string of the molecule is C[C@@H](C#N)[NH+]1CC[NH+](Cc2ccc3c(c2)OCO3)CC1. The molecule has 1 saturated heterocycles. The van der Waals surface area contributed by atoms with Crippen molar-refractivity contribution in [2.24, 2.45) is 0 Å². The maximum Gasteiger partial charge on any atom is 0.231 e. The topological polar surface area (TPSA) is 51.1 Å². The molecule has 1 fully saturated rings. The second-order valence-corrected chi connectivity index (χ2v) is 5.62. The van der Waals surface area contributed by atoms with Gasteiger partial charge in [-0.25, -0.2) is 0 Å². The molecule has 2 N–H and O–H groups in total. The lowest BCUT2D eigenvalue weighted by Crippen LogP contribution is -3.29. The first-order chi connectivity index (χ1) is 9.76. The zero-order valence-corrected chi connectivity index (χ0v) is 11.8. The van der Waals surface area contributed by atoms with Gasteiger partial charge in [-0.15, -0.1) is 0 Å². The zero-order valence-electron chi connectivity index (χ0n) is 11.8. The maximum absolute atomic E-state index is 8.97. The van der Waals surface area contributed by atoms with Crippen LogP contribution in [0.25, 0.3) is 0 Å². The lowest BCUT2D eigenvalue weighted by atomic mass is 10.1. The van der Waals surface area contributed by atoms with Gasteiger partial charge in [0, 0.05) is 12.5 Å². The fourth-order valence-corrected chi connectivity index (χ4v) is 2.97. The van der Waals surface area contributed by atoms with E-state index in [-0.39, 0.29) is 6.04 Å². The third kappa shape index (κ3) is 2.72. The van der Waals surface area contributed by atoms with Crippen molar-refractivity contribution < 1.29 is 19.3 Å². The predicted octanol–water partition coefficient (Wildman–Crippen LogP) is -1.39. The minimum Gasteiger partial charge on any atom is -0.454 e. The fraction of sp³-hybridized carbons (Fsp3) is 0.533. The molecule has 0 aliphatic carbocycles. The number of ether oxygens (including phenoxy) is 2. The highest BCUT2D eigenvalue weighted by Crippen LogP contribution is 2.32. The van der Waals surface area contributed by atoms with Gasteiger partial charge in [0.15, 0.2) is 17.5 Å². The zero-order chi connectivity index (χ0) is 13.9. The highest BCUT2D eigenvalue weighted by molar-refractivity contribution is 5.44. The van der Waals surface area contributed by atoms with Crippen molar-refractivity contribution in [2.45, 2.75) is 19.5 Å². The van der Waals surface area contributed by atoms with Gasteiger partial charge in [0.05, 0.1) is 0 Å². The lowest BCUT2D eigenvalue weighted by molar-refractivity contribution is -1.02. The van der Waals surface area contributed by atoms with Gasteiger partial charge in [-0.1, -0.05) is 0 Å². The van der Waals surface area contributed by atoms with Crippen LogP contribution in [0.2, 0.25) is 0 Å². The van der Waals surface area contributed by atoms with E-state index in [1.54, 1.807) is 4.90 Å². The third-order valence-electron chi connectivity index (χ3n) is 4.30. The van der Waals surface area contributed by atoms with Crippen LogP contribution in [0.3, 0.4) is 0 Å². The van der Waals surface area contributed by atoms with E-state index in [0.29, 0.717) is 6.79 Å². The summed E-state index contributed by atoms with van der Waals surface area (Å²) < 4.78 is 10.8. The third-order valence-corrected chi connectivity index (χ3v) is 4.30. The van der Waals surface area contributed by atoms with Gasteiger partial charge in [-0.05, 0) is 18.2 Å². The first kappa shape index (κ1) is 13.2. The first-order valence-electron chi connectivity index (χ1n) is 7.22. The van der Waals surface area contributed by atoms with Gasteiger partial charge in [0.2, 0.25) is 6.79 Å². The molecule has 0 bridgehead atoms. The van der Waals surface area contributed by atoms with E-state index in [1.165, 1.54) is 10.5 Å². The molecule has 0 spiro atoms. The van der Waals surface area contributed by atoms with E-state index >= 15 is 0 Å². The molecule has 5 nitrogen and oxygen atoms in total. The summed E-state index contributed by atoms with van der Waals surface area (Å²) in [5.41, 5.74) is 1.29. The van der Waals surface area contributed by atoms with Crippen LogP contribution in [0, 0.1) is 11.3 Å². The Kier molecular flexibility index (Phi) is 3.77. The van der Waals surface area contributed by atoms with Crippen molar-refractivity contribution in [1.82, 2.24) is 0 Å². The maximum atomic E-state index is 8.97. The fourth-order valence-electron chi connectivity index (χ4n) is 2.97. The Morgan fingerprint density at radius 1 is 1.20 bits per heavy atom. The molecule has 0 amide bonds. The quantitative estimate of drug-likeness (QED) is 0.714. The van der Waals surface area contributed by atoms with Gasteiger partial charge in [-0.3, -0.25) is 0 Å². The van der Waals surface area contributed by atoms with E-state index < -0.39 is 0 Å². The van der Waals surface area contributed by atoms with Crippen LogP contribution < -0.4 is 19.3 Å². The Hall–Kier alpha value is -1.77. The Bertz CT molecular complexity index is 518. The number of fused-ring (bicyclic) bond motifs is 1. The number of hydrogen-bond donors (Lipinski definition) is 2. The number of nitrogens with one attached hydrogen (secondary N) is 2. The molecule has 1 atom stereocenters.